The van der Waals surface area contributed by atoms with E-state index in [2.05, 4.69) is 31.7 Å². The van der Waals surface area contributed by atoms with Crippen LogP contribution in [0.5, 0.6) is 0 Å². The van der Waals surface area contributed by atoms with Gasteiger partial charge in [0.25, 0.3) is 0 Å². The van der Waals surface area contributed by atoms with Crippen LogP contribution in [0.2, 0.25) is 0 Å². The highest BCUT2D eigenvalue weighted by atomic mass is 13.9. The van der Waals surface area contributed by atoms with Crippen molar-refractivity contribution in [2.24, 2.45) is 0 Å². The van der Waals surface area contributed by atoms with Crippen LogP contribution in [0.4, 0.5) is 0 Å². The fourth-order valence-corrected chi connectivity index (χ4v) is 1.74. The van der Waals surface area contributed by atoms with Crippen molar-refractivity contribution in [1.82, 2.24) is 0 Å². The molecular formula is C17H29. The van der Waals surface area contributed by atoms with Gasteiger partial charge in [0.15, 0.2) is 0 Å². The molecule has 97 valence electrons. The monoisotopic (exact) mass is 233 g/mol. The first-order chi connectivity index (χ1) is 8.41. The molecular weight excluding hydrogens is 204 g/mol. The fourth-order valence-electron chi connectivity index (χ4n) is 1.74. The Kier molecular flexibility index (Phi) is 14.5. The van der Waals surface area contributed by atoms with Gasteiger partial charge >= 0.3 is 0 Å². The maximum atomic E-state index is 3.66. The van der Waals surface area contributed by atoms with Crippen molar-refractivity contribution in [1.29, 1.82) is 0 Å². The zero-order chi connectivity index (χ0) is 12.6. The SMILES string of the molecule is C=CC=CCCCCCC/[C]=C/CCCCC. The number of unbranched alkanes of at least 4 members (excludes halogenated alkanes) is 8. The minimum Gasteiger partial charge on any atom is -0.0991 e. The van der Waals surface area contributed by atoms with Crippen molar-refractivity contribution >= 4 is 0 Å². The van der Waals surface area contributed by atoms with Gasteiger partial charge in [-0.25, -0.2) is 0 Å². The lowest BCUT2D eigenvalue weighted by molar-refractivity contribution is 0.647. The molecule has 0 heterocycles. The molecule has 0 amide bonds. The van der Waals surface area contributed by atoms with Gasteiger partial charge in [0, 0.05) is 0 Å². The van der Waals surface area contributed by atoms with Crippen LogP contribution in [0.15, 0.2) is 30.9 Å². The average Bonchev–Trinajstić information content (AvgIpc) is 2.35. The van der Waals surface area contributed by atoms with Gasteiger partial charge in [0.05, 0.1) is 0 Å². The lowest BCUT2D eigenvalue weighted by atomic mass is 10.1. The fraction of sp³-hybridized carbons (Fsp3) is 0.647. The van der Waals surface area contributed by atoms with Gasteiger partial charge in [-0.2, -0.15) is 0 Å². The number of hydrogen-bond donors (Lipinski definition) is 0. The summed E-state index contributed by atoms with van der Waals surface area (Å²) < 4.78 is 0. The van der Waals surface area contributed by atoms with Crippen molar-refractivity contribution < 1.29 is 0 Å². The molecule has 0 aromatic carbocycles. The van der Waals surface area contributed by atoms with Gasteiger partial charge in [0.1, 0.15) is 0 Å². The molecule has 0 bridgehead atoms. The van der Waals surface area contributed by atoms with Crippen LogP contribution in [0, 0.1) is 6.08 Å². The first-order valence-electron chi connectivity index (χ1n) is 7.24. The highest BCUT2D eigenvalue weighted by Crippen LogP contribution is 2.07. The van der Waals surface area contributed by atoms with E-state index in [0.29, 0.717) is 0 Å². The molecule has 0 saturated heterocycles. The van der Waals surface area contributed by atoms with E-state index in [-0.39, 0.29) is 0 Å². The molecule has 0 fully saturated rings. The summed E-state index contributed by atoms with van der Waals surface area (Å²) in [4.78, 5) is 0. The maximum absolute atomic E-state index is 3.66. The Morgan fingerprint density at radius 1 is 0.941 bits per heavy atom. The van der Waals surface area contributed by atoms with Crippen LogP contribution in [-0.2, 0) is 0 Å². The zero-order valence-corrected chi connectivity index (χ0v) is 11.6. The molecule has 0 aromatic heterocycles. The van der Waals surface area contributed by atoms with Crippen LogP contribution >= 0.6 is 0 Å². The highest BCUT2D eigenvalue weighted by molar-refractivity contribution is 4.96. The zero-order valence-electron chi connectivity index (χ0n) is 11.6. The summed E-state index contributed by atoms with van der Waals surface area (Å²) in [6.07, 6.45) is 24.6. The Balaban J connectivity index is 3.07. The minimum absolute atomic E-state index is 1.15. The van der Waals surface area contributed by atoms with Crippen molar-refractivity contribution in [3.63, 3.8) is 0 Å². The third-order valence-electron chi connectivity index (χ3n) is 2.81. The van der Waals surface area contributed by atoms with E-state index in [0.717, 1.165) is 6.42 Å². The quantitative estimate of drug-likeness (QED) is 0.286. The first kappa shape index (κ1) is 16.2. The number of rotatable bonds is 12. The summed E-state index contributed by atoms with van der Waals surface area (Å²) in [5, 5.41) is 0. The van der Waals surface area contributed by atoms with E-state index in [4.69, 9.17) is 0 Å². The third kappa shape index (κ3) is 15.2. The molecule has 0 spiro atoms. The standard InChI is InChI=1S/C17H29/c1-3-5-7-9-11-13-15-17-16-14-12-10-8-6-4-2/h3,5,7,12H,1,4,6,8-11,13,15-17H2,2H3. The Morgan fingerprint density at radius 2 is 1.71 bits per heavy atom. The van der Waals surface area contributed by atoms with Crippen molar-refractivity contribution in [3.8, 4) is 0 Å². The second-order valence-corrected chi connectivity index (χ2v) is 4.52. The van der Waals surface area contributed by atoms with Crippen molar-refractivity contribution in [3.05, 3.63) is 37.0 Å². The van der Waals surface area contributed by atoms with Gasteiger partial charge in [-0.15, -0.1) is 0 Å². The molecule has 0 aliphatic carbocycles. The summed E-state index contributed by atoms with van der Waals surface area (Å²) in [7, 11) is 0. The Morgan fingerprint density at radius 3 is 2.47 bits per heavy atom. The molecule has 0 heteroatoms. The second-order valence-electron chi connectivity index (χ2n) is 4.52. The molecule has 1 radical (unpaired) electrons. The summed E-state index contributed by atoms with van der Waals surface area (Å²) >= 11 is 0. The van der Waals surface area contributed by atoms with Gasteiger partial charge in [-0.1, -0.05) is 63.5 Å². The van der Waals surface area contributed by atoms with Crippen LogP contribution in [0.3, 0.4) is 0 Å². The summed E-state index contributed by atoms with van der Waals surface area (Å²) in [6.45, 7) is 5.90. The lowest BCUT2D eigenvalue weighted by Gasteiger charge is -1.96. The van der Waals surface area contributed by atoms with Crippen LogP contribution in [0.1, 0.15) is 71.1 Å². The first-order valence-corrected chi connectivity index (χ1v) is 7.24. The molecule has 0 aromatic rings. The molecule has 17 heavy (non-hydrogen) atoms. The summed E-state index contributed by atoms with van der Waals surface area (Å²) in [5.74, 6) is 0. The predicted molar refractivity (Wildman–Crippen MR) is 79.0 cm³/mol. The van der Waals surface area contributed by atoms with E-state index in [1.807, 2.05) is 12.2 Å². The summed E-state index contributed by atoms with van der Waals surface area (Å²) in [5.41, 5.74) is 0. The van der Waals surface area contributed by atoms with E-state index in [9.17, 15) is 0 Å². The van der Waals surface area contributed by atoms with Crippen LogP contribution in [-0.4, -0.2) is 0 Å². The molecule has 0 rings (SSSR count). The van der Waals surface area contributed by atoms with Crippen LogP contribution < -0.4 is 0 Å². The van der Waals surface area contributed by atoms with Gasteiger partial charge in [-0.3, -0.25) is 0 Å². The predicted octanol–water partition coefficient (Wildman–Crippen LogP) is 6.01. The van der Waals surface area contributed by atoms with Gasteiger partial charge in [-0.05, 0) is 44.6 Å². The topological polar surface area (TPSA) is 0 Å². The summed E-state index contributed by atoms with van der Waals surface area (Å²) in [6, 6.07) is 0. The lowest BCUT2D eigenvalue weighted by Crippen LogP contribution is -1.77. The van der Waals surface area contributed by atoms with E-state index >= 15 is 0 Å². The van der Waals surface area contributed by atoms with Gasteiger partial charge in [0.2, 0.25) is 0 Å². The Labute approximate surface area is 109 Å². The van der Waals surface area contributed by atoms with E-state index < -0.39 is 0 Å². The van der Waals surface area contributed by atoms with E-state index in [1.54, 1.807) is 0 Å². The largest absolute Gasteiger partial charge is 0.0991 e. The maximum Gasteiger partial charge on any atom is -0.0279 e. The minimum atomic E-state index is 1.15. The molecule has 0 atom stereocenters. The smallest absolute Gasteiger partial charge is 0.0279 e. The Bertz CT molecular complexity index is 198. The second kappa shape index (κ2) is 15.2. The average molecular weight is 233 g/mol. The molecule has 0 unspecified atom stereocenters. The Hall–Kier alpha value is -0.780. The van der Waals surface area contributed by atoms with E-state index in [1.165, 1.54) is 57.8 Å². The van der Waals surface area contributed by atoms with Crippen molar-refractivity contribution in [2.45, 2.75) is 71.1 Å². The third-order valence-corrected chi connectivity index (χ3v) is 2.81. The number of allylic oxidation sites excluding steroid dienone is 5. The van der Waals surface area contributed by atoms with Crippen LogP contribution in [0.25, 0.3) is 0 Å². The normalized spacial score (nSPS) is 11.6. The van der Waals surface area contributed by atoms with Crippen molar-refractivity contribution in [2.75, 3.05) is 0 Å². The molecule has 0 saturated carbocycles. The molecule has 0 aliphatic rings. The molecule has 0 nitrogen and oxygen atoms in total. The van der Waals surface area contributed by atoms with Gasteiger partial charge < -0.3 is 0 Å². The molecule has 0 aliphatic heterocycles. The molecule has 0 N–H and O–H groups in total. The number of hydrogen-bond acceptors (Lipinski definition) is 0. The highest BCUT2D eigenvalue weighted by Gasteiger charge is 1.88.